The molecule has 0 aliphatic heterocycles. The summed E-state index contributed by atoms with van der Waals surface area (Å²) in [6.07, 6.45) is 0. The molecule has 0 saturated carbocycles. The molecule has 0 fully saturated rings. The summed E-state index contributed by atoms with van der Waals surface area (Å²) >= 11 is 1.30. The average molecular weight is 315 g/mol. The van der Waals surface area contributed by atoms with E-state index in [-0.39, 0.29) is 18.0 Å². The summed E-state index contributed by atoms with van der Waals surface area (Å²) in [4.78, 5) is 0.676. The molecule has 1 heterocycles. The van der Waals surface area contributed by atoms with Crippen molar-refractivity contribution in [3.8, 4) is 0 Å². The van der Waals surface area contributed by atoms with Crippen LogP contribution < -0.4 is 0 Å². The van der Waals surface area contributed by atoms with Gasteiger partial charge in [0.05, 0.1) is 18.1 Å². The first-order valence-corrected chi connectivity index (χ1v) is 8.34. The van der Waals surface area contributed by atoms with Crippen molar-refractivity contribution in [2.24, 2.45) is 0 Å². The molecule has 5 nitrogen and oxygen atoms in total. The largest absolute Gasteiger partial charge is 0.391 e. The molecular formula is C13H17NO4S2. The molecule has 0 spiro atoms. The lowest BCUT2D eigenvalue weighted by Crippen LogP contribution is -2.30. The number of nitrogens with zero attached hydrogens (tertiary/aromatic N) is 1. The van der Waals surface area contributed by atoms with Gasteiger partial charge in [0, 0.05) is 30.8 Å². The second-order valence-corrected chi connectivity index (χ2v) is 7.45. The minimum Gasteiger partial charge on any atom is -0.391 e. The van der Waals surface area contributed by atoms with Gasteiger partial charge in [-0.25, -0.2) is 8.42 Å². The Balaban J connectivity index is 2.55. The highest BCUT2D eigenvalue weighted by Crippen LogP contribution is 2.35. The zero-order valence-electron chi connectivity index (χ0n) is 11.4. The first kappa shape index (κ1) is 15.4. The van der Waals surface area contributed by atoms with Gasteiger partial charge in [-0.1, -0.05) is 18.2 Å². The van der Waals surface area contributed by atoms with Crippen LogP contribution in [0.3, 0.4) is 0 Å². The highest BCUT2D eigenvalue weighted by molar-refractivity contribution is 7.89. The lowest BCUT2D eigenvalue weighted by molar-refractivity contribution is 0.185. The Labute approximate surface area is 122 Å². The van der Waals surface area contributed by atoms with E-state index in [9.17, 15) is 13.5 Å². The van der Waals surface area contributed by atoms with Crippen molar-refractivity contribution in [1.82, 2.24) is 4.31 Å². The van der Waals surface area contributed by atoms with Crippen LogP contribution in [0.25, 0.3) is 10.1 Å². The maximum atomic E-state index is 12.7. The van der Waals surface area contributed by atoms with E-state index < -0.39 is 10.0 Å². The predicted octanol–water partition coefficient (Wildman–Crippen LogP) is 1.66. The normalized spacial score (nSPS) is 12.4. The van der Waals surface area contributed by atoms with Gasteiger partial charge in [0.25, 0.3) is 0 Å². The summed E-state index contributed by atoms with van der Waals surface area (Å²) in [5.41, 5.74) is 0. The van der Waals surface area contributed by atoms with Crippen LogP contribution in [-0.4, -0.2) is 45.1 Å². The summed E-state index contributed by atoms with van der Waals surface area (Å²) in [7, 11) is -0.590. The minimum absolute atomic E-state index is 0.208. The van der Waals surface area contributed by atoms with Gasteiger partial charge in [0.15, 0.2) is 0 Å². The number of ether oxygens (including phenoxy) is 1. The number of benzene rings is 1. The highest BCUT2D eigenvalue weighted by atomic mass is 32.2. The van der Waals surface area contributed by atoms with E-state index in [0.717, 1.165) is 4.70 Å². The van der Waals surface area contributed by atoms with Gasteiger partial charge in [-0.15, -0.1) is 11.3 Å². The maximum absolute atomic E-state index is 12.7. The molecule has 110 valence electrons. The van der Waals surface area contributed by atoms with Gasteiger partial charge < -0.3 is 9.84 Å². The number of fused-ring (bicyclic) bond motifs is 1. The van der Waals surface area contributed by atoms with Crippen molar-refractivity contribution >= 4 is 31.4 Å². The molecule has 2 aromatic rings. The summed E-state index contributed by atoms with van der Waals surface area (Å²) in [6.45, 7) is 0.312. The third-order valence-corrected chi connectivity index (χ3v) is 6.31. The monoisotopic (exact) mass is 315 g/mol. The molecule has 1 aromatic carbocycles. The fraction of sp³-hybridized carbons (Fsp3) is 0.385. The Kier molecular flexibility index (Phi) is 4.77. The SMILES string of the molecule is COCCN(C)S(=O)(=O)c1c(CO)sc2ccccc12. The quantitative estimate of drug-likeness (QED) is 0.880. The minimum atomic E-state index is -3.63. The number of likely N-dealkylation sites (N-methyl/N-ethyl adjacent to an activating group) is 1. The second-order valence-electron chi connectivity index (χ2n) is 4.33. The number of hydrogen-bond donors (Lipinski definition) is 1. The molecule has 1 aromatic heterocycles. The van der Waals surface area contributed by atoms with Crippen LogP contribution in [0.15, 0.2) is 29.2 Å². The van der Waals surface area contributed by atoms with E-state index in [1.54, 1.807) is 12.1 Å². The number of thiophene rings is 1. The van der Waals surface area contributed by atoms with E-state index in [0.29, 0.717) is 16.9 Å². The second kappa shape index (κ2) is 6.19. The van der Waals surface area contributed by atoms with Gasteiger partial charge >= 0.3 is 0 Å². The summed E-state index contributed by atoms with van der Waals surface area (Å²) in [6, 6.07) is 7.27. The molecule has 1 N–H and O–H groups in total. The van der Waals surface area contributed by atoms with E-state index in [1.807, 2.05) is 12.1 Å². The lowest BCUT2D eigenvalue weighted by atomic mass is 10.2. The van der Waals surface area contributed by atoms with Gasteiger partial charge in [-0.2, -0.15) is 4.31 Å². The summed E-state index contributed by atoms with van der Waals surface area (Å²) < 4.78 is 32.3. The molecule has 20 heavy (non-hydrogen) atoms. The number of aliphatic hydroxyl groups is 1. The van der Waals surface area contributed by atoms with Gasteiger partial charge in [-0.05, 0) is 6.07 Å². The topological polar surface area (TPSA) is 66.8 Å². The van der Waals surface area contributed by atoms with Crippen LogP contribution in [0.2, 0.25) is 0 Å². The van der Waals surface area contributed by atoms with Crippen molar-refractivity contribution in [1.29, 1.82) is 0 Å². The Bertz CT molecular complexity index is 693. The molecule has 0 radical (unpaired) electrons. The number of sulfonamides is 1. The van der Waals surface area contributed by atoms with Crippen molar-refractivity contribution in [3.63, 3.8) is 0 Å². The number of methoxy groups -OCH3 is 1. The molecule has 7 heteroatoms. The van der Waals surface area contributed by atoms with Crippen molar-refractivity contribution < 1.29 is 18.3 Å². The third-order valence-electron chi connectivity index (χ3n) is 3.04. The summed E-state index contributed by atoms with van der Waals surface area (Å²) in [5, 5.41) is 10.1. The average Bonchev–Trinajstić information content (AvgIpc) is 2.83. The van der Waals surface area contributed by atoms with Crippen LogP contribution in [0.5, 0.6) is 0 Å². The fourth-order valence-corrected chi connectivity index (χ4v) is 4.85. The lowest BCUT2D eigenvalue weighted by Gasteiger charge is -2.17. The maximum Gasteiger partial charge on any atom is 0.244 e. The molecule has 0 amide bonds. The molecule has 0 aliphatic rings. The fourth-order valence-electron chi connectivity index (χ4n) is 1.96. The number of hydrogen-bond acceptors (Lipinski definition) is 5. The molecule has 0 saturated heterocycles. The van der Waals surface area contributed by atoms with Crippen molar-refractivity contribution in [2.45, 2.75) is 11.5 Å². The highest BCUT2D eigenvalue weighted by Gasteiger charge is 2.27. The molecule has 0 unspecified atom stereocenters. The van der Waals surface area contributed by atoms with E-state index in [1.165, 1.54) is 29.8 Å². The van der Waals surface area contributed by atoms with Crippen LogP contribution >= 0.6 is 11.3 Å². The Hall–Kier alpha value is -0.990. The Morgan fingerprint density at radius 3 is 2.70 bits per heavy atom. The van der Waals surface area contributed by atoms with Crippen LogP contribution in [0.1, 0.15) is 4.88 Å². The predicted molar refractivity (Wildman–Crippen MR) is 79.4 cm³/mol. The van der Waals surface area contributed by atoms with Crippen molar-refractivity contribution in [2.75, 3.05) is 27.3 Å². The zero-order valence-corrected chi connectivity index (χ0v) is 13.0. The zero-order chi connectivity index (χ0) is 14.8. The van der Waals surface area contributed by atoms with Gasteiger partial charge in [0.1, 0.15) is 4.90 Å². The standard InChI is InChI=1S/C13H17NO4S2/c1-14(7-8-18-2)20(16,17)13-10-5-3-4-6-11(10)19-12(13)9-15/h3-6,15H,7-9H2,1-2H3. The van der Waals surface area contributed by atoms with E-state index in [2.05, 4.69) is 0 Å². The Morgan fingerprint density at radius 2 is 2.05 bits per heavy atom. The first-order chi connectivity index (χ1) is 9.52. The molecule has 0 aliphatic carbocycles. The van der Waals surface area contributed by atoms with E-state index in [4.69, 9.17) is 4.74 Å². The van der Waals surface area contributed by atoms with Crippen LogP contribution in [0, 0.1) is 0 Å². The van der Waals surface area contributed by atoms with Crippen LogP contribution in [-0.2, 0) is 21.4 Å². The van der Waals surface area contributed by atoms with Crippen LogP contribution in [0.4, 0.5) is 0 Å². The molecular weight excluding hydrogens is 298 g/mol. The van der Waals surface area contributed by atoms with E-state index >= 15 is 0 Å². The molecule has 0 atom stereocenters. The third kappa shape index (κ3) is 2.72. The molecule has 0 bridgehead atoms. The summed E-state index contributed by atoms with van der Waals surface area (Å²) in [5.74, 6) is 0. The smallest absolute Gasteiger partial charge is 0.244 e. The van der Waals surface area contributed by atoms with Gasteiger partial charge in [0.2, 0.25) is 10.0 Å². The Morgan fingerprint density at radius 1 is 1.35 bits per heavy atom. The van der Waals surface area contributed by atoms with Crippen molar-refractivity contribution in [3.05, 3.63) is 29.1 Å². The number of rotatable bonds is 6. The van der Waals surface area contributed by atoms with Gasteiger partial charge in [-0.3, -0.25) is 0 Å². The molecule has 2 rings (SSSR count). The number of aliphatic hydroxyl groups excluding tert-OH is 1. The first-order valence-electron chi connectivity index (χ1n) is 6.09.